The highest BCUT2D eigenvalue weighted by atomic mass is 32.2. The van der Waals surface area contributed by atoms with Gasteiger partial charge in [0.05, 0.1) is 11.8 Å². The Labute approximate surface area is 96.3 Å². The first kappa shape index (κ1) is 13.1. The van der Waals surface area contributed by atoms with E-state index >= 15 is 0 Å². The van der Waals surface area contributed by atoms with Gasteiger partial charge in [-0.2, -0.15) is 0 Å². The Balaban J connectivity index is 2.50. The third kappa shape index (κ3) is 4.72. The Hall–Kier alpha value is -0.940. The fraction of sp³-hybridized carbons (Fsp3) is 0.545. The van der Waals surface area contributed by atoms with Gasteiger partial charge in [-0.25, -0.2) is 8.42 Å². The smallest absolute Gasteiger partial charge is 0.147 e. The molecule has 0 aromatic carbocycles. The topological polar surface area (TPSA) is 67.3 Å². The molecule has 0 amide bonds. The van der Waals surface area contributed by atoms with Crippen molar-refractivity contribution in [3.05, 3.63) is 29.6 Å². The van der Waals surface area contributed by atoms with Crippen LogP contribution in [0.5, 0.6) is 0 Å². The number of sulfone groups is 1. The minimum absolute atomic E-state index is 0.107. The van der Waals surface area contributed by atoms with Gasteiger partial charge in [0.15, 0.2) is 0 Å². The molecule has 0 spiro atoms. The van der Waals surface area contributed by atoms with Gasteiger partial charge in [0.2, 0.25) is 0 Å². The van der Waals surface area contributed by atoms with Gasteiger partial charge in [-0.3, -0.25) is 4.98 Å². The summed E-state index contributed by atoms with van der Waals surface area (Å²) in [6, 6.07) is 3.66. The first-order valence-electron chi connectivity index (χ1n) is 5.17. The zero-order valence-corrected chi connectivity index (χ0v) is 10.4. The molecule has 0 saturated carbocycles. The van der Waals surface area contributed by atoms with E-state index < -0.39 is 15.9 Å². The van der Waals surface area contributed by atoms with Crippen LogP contribution in [0.25, 0.3) is 0 Å². The number of hydrogen-bond acceptors (Lipinski definition) is 4. The van der Waals surface area contributed by atoms with Crippen LogP contribution >= 0.6 is 0 Å². The Morgan fingerprint density at radius 2 is 2.19 bits per heavy atom. The van der Waals surface area contributed by atoms with Crippen LogP contribution in [0.4, 0.5) is 0 Å². The van der Waals surface area contributed by atoms with Crippen molar-refractivity contribution in [2.24, 2.45) is 0 Å². The SMILES string of the molecule is Cc1ccnc(C(O)CCCS(C)(=O)=O)c1. The summed E-state index contributed by atoms with van der Waals surface area (Å²) in [5.74, 6) is 0.107. The van der Waals surface area contributed by atoms with Crippen molar-refractivity contribution in [3.8, 4) is 0 Å². The van der Waals surface area contributed by atoms with E-state index in [-0.39, 0.29) is 5.75 Å². The normalized spacial score (nSPS) is 13.7. The van der Waals surface area contributed by atoms with E-state index in [1.807, 2.05) is 19.1 Å². The molecule has 0 radical (unpaired) electrons. The summed E-state index contributed by atoms with van der Waals surface area (Å²) in [7, 11) is -2.94. The number of aromatic nitrogens is 1. The predicted molar refractivity (Wildman–Crippen MR) is 62.9 cm³/mol. The molecule has 0 saturated heterocycles. The van der Waals surface area contributed by atoms with Crippen molar-refractivity contribution in [2.45, 2.75) is 25.9 Å². The molecule has 16 heavy (non-hydrogen) atoms. The average molecular weight is 243 g/mol. The van der Waals surface area contributed by atoms with Gasteiger partial charge in [0, 0.05) is 18.2 Å². The average Bonchev–Trinajstić information content (AvgIpc) is 2.15. The van der Waals surface area contributed by atoms with E-state index in [4.69, 9.17) is 0 Å². The highest BCUT2D eigenvalue weighted by Gasteiger charge is 2.10. The highest BCUT2D eigenvalue weighted by molar-refractivity contribution is 7.90. The summed E-state index contributed by atoms with van der Waals surface area (Å²) < 4.78 is 21.8. The Kier molecular flexibility index (Phi) is 4.44. The fourth-order valence-corrected chi connectivity index (χ4v) is 2.12. The summed E-state index contributed by atoms with van der Waals surface area (Å²) >= 11 is 0. The molecule has 1 atom stereocenters. The molecule has 5 heteroatoms. The van der Waals surface area contributed by atoms with Crippen molar-refractivity contribution in [2.75, 3.05) is 12.0 Å². The van der Waals surface area contributed by atoms with Gasteiger partial charge in [0.25, 0.3) is 0 Å². The zero-order valence-electron chi connectivity index (χ0n) is 9.55. The van der Waals surface area contributed by atoms with Crippen LogP contribution in [0.3, 0.4) is 0 Å². The number of rotatable bonds is 5. The lowest BCUT2D eigenvalue weighted by molar-refractivity contribution is 0.162. The molecule has 0 aliphatic carbocycles. The van der Waals surface area contributed by atoms with Crippen LogP contribution in [-0.2, 0) is 9.84 Å². The second kappa shape index (κ2) is 5.41. The van der Waals surface area contributed by atoms with Gasteiger partial charge in [0.1, 0.15) is 9.84 Å². The Morgan fingerprint density at radius 1 is 1.50 bits per heavy atom. The van der Waals surface area contributed by atoms with Gasteiger partial charge < -0.3 is 5.11 Å². The minimum Gasteiger partial charge on any atom is -0.387 e. The second-order valence-corrected chi connectivity index (χ2v) is 6.31. The van der Waals surface area contributed by atoms with Gasteiger partial charge in [-0.1, -0.05) is 0 Å². The lowest BCUT2D eigenvalue weighted by Gasteiger charge is -2.09. The van der Waals surface area contributed by atoms with Crippen molar-refractivity contribution < 1.29 is 13.5 Å². The molecule has 0 aliphatic rings. The van der Waals surface area contributed by atoms with E-state index in [9.17, 15) is 13.5 Å². The summed E-state index contributed by atoms with van der Waals surface area (Å²) in [6.45, 7) is 1.93. The number of aliphatic hydroxyl groups is 1. The molecule has 0 aliphatic heterocycles. The maximum absolute atomic E-state index is 10.9. The molecular weight excluding hydrogens is 226 g/mol. The van der Waals surface area contributed by atoms with E-state index in [1.54, 1.807) is 6.20 Å². The van der Waals surface area contributed by atoms with Crippen LogP contribution in [0.15, 0.2) is 18.3 Å². The van der Waals surface area contributed by atoms with Gasteiger partial charge in [-0.05, 0) is 37.5 Å². The summed E-state index contributed by atoms with van der Waals surface area (Å²) in [5, 5.41) is 9.78. The summed E-state index contributed by atoms with van der Waals surface area (Å²) in [4.78, 5) is 4.06. The molecule has 1 aromatic rings. The number of pyridine rings is 1. The molecule has 1 aromatic heterocycles. The van der Waals surface area contributed by atoms with E-state index in [0.717, 1.165) is 5.56 Å². The van der Waals surface area contributed by atoms with Crippen LogP contribution in [-0.4, -0.2) is 30.5 Å². The molecule has 0 bridgehead atoms. The predicted octanol–water partition coefficient (Wildman–Crippen LogP) is 1.25. The molecule has 1 rings (SSSR count). The van der Waals surface area contributed by atoms with E-state index in [2.05, 4.69) is 4.98 Å². The monoisotopic (exact) mass is 243 g/mol. The minimum atomic E-state index is -2.94. The van der Waals surface area contributed by atoms with Gasteiger partial charge in [-0.15, -0.1) is 0 Å². The second-order valence-electron chi connectivity index (χ2n) is 4.05. The highest BCUT2D eigenvalue weighted by Crippen LogP contribution is 2.17. The third-order valence-electron chi connectivity index (χ3n) is 2.27. The van der Waals surface area contributed by atoms with Crippen molar-refractivity contribution in [1.29, 1.82) is 0 Å². The molecule has 1 N–H and O–H groups in total. The van der Waals surface area contributed by atoms with Crippen LogP contribution in [0.1, 0.15) is 30.2 Å². The maximum Gasteiger partial charge on any atom is 0.147 e. The van der Waals surface area contributed by atoms with E-state index in [0.29, 0.717) is 18.5 Å². The van der Waals surface area contributed by atoms with Crippen LogP contribution in [0, 0.1) is 6.92 Å². The largest absolute Gasteiger partial charge is 0.387 e. The van der Waals surface area contributed by atoms with Gasteiger partial charge >= 0.3 is 0 Å². The van der Waals surface area contributed by atoms with Crippen molar-refractivity contribution >= 4 is 9.84 Å². The van der Waals surface area contributed by atoms with E-state index in [1.165, 1.54) is 6.26 Å². The van der Waals surface area contributed by atoms with Crippen molar-refractivity contribution in [3.63, 3.8) is 0 Å². The van der Waals surface area contributed by atoms with Crippen LogP contribution < -0.4 is 0 Å². The lowest BCUT2D eigenvalue weighted by atomic mass is 10.1. The first-order valence-corrected chi connectivity index (χ1v) is 7.23. The molecule has 0 fully saturated rings. The maximum atomic E-state index is 10.9. The molecule has 1 heterocycles. The first-order chi connectivity index (χ1) is 7.38. The molecule has 90 valence electrons. The third-order valence-corrected chi connectivity index (χ3v) is 3.30. The molecule has 4 nitrogen and oxygen atoms in total. The zero-order chi connectivity index (χ0) is 12.2. The standard InChI is InChI=1S/C11H17NO3S/c1-9-5-6-12-10(8-9)11(13)4-3-7-16(2,14)15/h5-6,8,11,13H,3-4,7H2,1-2H3. The number of aryl methyl sites for hydroxylation is 1. The molecular formula is C11H17NO3S. The Morgan fingerprint density at radius 3 is 2.75 bits per heavy atom. The van der Waals surface area contributed by atoms with Crippen molar-refractivity contribution in [1.82, 2.24) is 4.98 Å². The van der Waals surface area contributed by atoms with Crippen LogP contribution in [0.2, 0.25) is 0 Å². The quantitative estimate of drug-likeness (QED) is 0.845. The summed E-state index contributed by atoms with van der Waals surface area (Å²) in [6.07, 6.45) is 3.04. The Bertz CT molecular complexity index is 442. The number of aliphatic hydroxyl groups excluding tert-OH is 1. The molecule has 1 unspecified atom stereocenters. The fourth-order valence-electron chi connectivity index (χ4n) is 1.43. The summed E-state index contributed by atoms with van der Waals surface area (Å²) in [5.41, 5.74) is 1.64. The number of nitrogens with zero attached hydrogens (tertiary/aromatic N) is 1. The number of hydrogen-bond donors (Lipinski definition) is 1. The lowest BCUT2D eigenvalue weighted by Crippen LogP contribution is -2.06.